The summed E-state index contributed by atoms with van der Waals surface area (Å²) in [5.41, 5.74) is 2.44. The maximum Gasteiger partial charge on any atom is 0.317 e. The largest absolute Gasteiger partial charge is 0.376 e. The molecule has 1 unspecified atom stereocenters. The zero-order valence-corrected chi connectivity index (χ0v) is 15.3. The predicted molar refractivity (Wildman–Crippen MR) is 104 cm³/mol. The molecule has 1 fully saturated rings. The fourth-order valence-electron chi connectivity index (χ4n) is 3.37. The highest BCUT2D eigenvalue weighted by atomic mass is 16.5. The predicted octanol–water partition coefficient (Wildman–Crippen LogP) is 3.87. The molecule has 2 aromatic rings. The number of benzene rings is 2. The number of hydrogen-bond acceptors (Lipinski definition) is 2. The highest BCUT2D eigenvalue weighted by Crippen LogP contribution is 2.17. The molecule has 4 nitrogen and oxygen atoms in total. The molecule has 1 saturated heterocycles. The van der Waals surface area contributed by atoms with Crippen LogP contribution in [0.2, 0.25) is 0 Å². The Labute approximate surface area is 156 Å². The van der Waals surface area contributed by atoms with E-state index in [0.29, 0.717) is 25.7 Å². The van der Waals surface area contributed by atoms with Gasteiger partial charge in [-0.15, -0.1) is 0 Å². The van der Waals surface area contributed by atoms with Gasteiger partial charge in [0, 0.05) is 25.6 Å². The van der Waals surface area contributed by atoms with Crippen molar-refractivity contribution in [1.29, 1.82) is 0 Å². The first-order chi connectivity index (χ1) is 12.8. The molecular formula is C22H28N2O2. The van der Waals surface area contributed by atoms with Crippen LogP contribution in [0.3, 0.4) is 0 Å². The second-order valence-electron chi connectivity index (χ2n) is 6.92. The summed E-state index contributed by atoms with van der Waals surface area (Å²) in [6.07, 6.45) is 3.04. The SMILES string of the molecule is O=C(NCCc1ccccc1)N1CCCC(COCc2ccccc2)C1. The maximum absolute atomic E-state index is 12.4. The molecule has 3 rings (SSSR count). The minimum Gasteiger partial charge on any atom is -0.376 e. The second-order valence-corrected chi connectivity index (χ2v) is 6.92. The van der Waals surface area contributed by atoms with E-state index < -0.39 is 0 Å². The van der Waals surface area contributed by atoms with Gasteiger partial charge in [0.1, 0.15) is 0 Å². The van der Waals surface area contributed by atoms with Crippen LogP contribution in [0.15, 0.2) is 60.7 Å². The van der Waals surface area contributed by atoms with Crippen LogP contribution in [0.25, 0.3) is 0 Å². The summed E-state index contributed by atoms with van der Waals surface area (Å²) in [6, 6.07) is 20.5. The number of rotatable bonds is 7. The summed E-state index contributed by atoms with van der Waals surface area (Å²) in [7, 11) is 0. The zero-order valence-electron chi connectivity index (χ0n) is 15.3. The second kappa shape index (κ2) is 9.97. The van der Waals surface area contributed by atoms with E-state index in [1.807, 2.05) is 41.3 Å². The summed E-state index contributed by atoms with van der Waals surface area (Å²) in [5, 5.41) is 3.05. The number of nitrogens with zero attached hydrogens (tertiary/aromatic N) is 1. The summed E-state index contributed by atoms with van der Waals surface area (Å²) < 4.78 is 5.87. The molecule has 2 aromatic carbocycles. The summed E-state index contributed by atoms with van der Waals surface area (Å²) in [6.45, 7) is 3.65. The number of carbonyl (C=O) groups excluding carboxylic acids is 1. The van der Waals surface area contributed by atoms with E-state index in [0.717, 1.165) is 32.4 Å². The molecule has 1 atom stereocenters. The molecule has 0 bridgehead atoms. The minimum atomic E-state index is 0.0497. The van der Waals surface area contributed by atoms with Crippen molar-refractivity contribution in [2.45, 2.75) is 25.9 Å². The standard InChI is InChI=1S/C22H28N2O2/c25-22(23-14-13-19-8-3-1-4-9-19)24-15-7-12-21(16-24)18-26-17-20-10-5-2-6-11-20/h1-6,8-11,21H,7,12-18H2,(H,23,25). The fourth-order valence-corrected chi connectivity index (χ4v) is 3.37. The van der Waals surface area contributed by atoms with E-state index in [-0.39, 0.29) is 6.03 Å². The van der Waals surface area contributed by atoms with Gasteiger partial charge in [-0.2, -0.15) is 0 Å². The number of likely N-dealkylation sites (tertiary alicyclic amines) is 1. The van der Waals surface area contributed by atoms with Crippen LogP contribution in [-0.2, 0) is 17.8 Å². The van der Waals surface area contributed by atoms with Crippen molar-refractivity contribution in [1.82, 2.24) is 10.2 Å². The van der Waals surface area contributed by atoms with Gasteiger partial charge >= 0.3 is 6.03 Å². The molecule has 0 saturated carbocycles. The van der Waals surface area contributed by atoms with Crippen molar-refractivity contribution in [2.75, 3.05) is 26.2 Å². The Morgan fingerprint density at radius 1 is 1.04 bits per heavy atom. The number of amides is 2. The Morgan fingerprint density at radius 3 is 2.46 bits per heavy atom. The van der Waals surface area contributed by atoms with Gasteiger partial charge in [0.05, 0.1) is 13.2 Å². The van der Waals surface area contributed by atoms with E-state index in [1.54, 1.807) is 0 Å². The maximum atomic E-state index is 12.4. The van der Waals surface area contributed by atoms with Crippen LogP contribution in [0.4, 0.5) is 4.79 Å². The van der Waals surface area contributed by atoms with Crippen LogP contribution in [0.1, 0.15) is 24.0 Å². The zero-order chi connectivity index (χ0) is 18.0. The van der Waals surface area contributed by atoms with Gasteiger partial charge in [0.2, 0.25) is 0 Å². The van der Waals surface area contributed by atoms with Gasteiger partial charge in [-0.25, -0.2) is 4.79 Å². The fraction of sp³-hybridized carbons (Fsp3) is 0.409. The highest BCUT2D eigenvalue weighted by Gasteiger charge is 2.23. The van der Waals surface area contributed by atoms with Gasteiger partial charge in [-0.1, -0.05) is 60.7 Å². The average molecular weight is 352 g/mol. The van der Waals surface area contributed by atoms with Crippen LogP contribution >= 0.6 is 0 Å². The average Bonchev–Trinajstić information content (AvgIpc) is 2.70. The minimum absolute atomic E-state index is 0.0497. The first-order valence-corrected chi connectivity index (χ1v) is 9.49. The van der Waals surface area contributed by atoms with Gasteiger partial charge in [0.25, 0.3) is 0 Å². The van der Waals surface area contributed by atoms with Crippen molar-refractivity contribution >= 4 is 6.03 Å². The molecule has 0 aliphatic carbocycles. The van der Waals surface area contributed by atoms with Crippen LogP contribution in [0.5, 0.6) is 0 Å². The lowest BCUT2D eigenvalue weighted by molar-refractivity contribution is 0.0591. The summed E-state index contributed by atoms with van der Waals surface area (Å²) >= 11 is 0. The first kappa shape index (κ1) is 18.5. The molecule has 2 amide bonds. The van der Waals surface area contributed by atoms with E-state index in [9.17, 15) is 4.79 Å². The number of carbonyl (C=O) groups is 1. The van der Waals surface area contributed by atoms with Crippen LogP contribution in [-0.4, -0.2) is 37.2 Å². The normalized spacial score (nSPS) is 17.1. The number of urea groups is 1. The molecule has 0 radical (unpaired) electrons. The van der Waals surface area contributed by atoms with Crippen molar-refractivity contribution in [2.24, 2.45) is 5.92 Å². The number of nitrogens with one attached hydrogen (secondary N) is 1. The molecule has 138 valence electrons. The van der Waals surface area contributed by atoms with Crippen LogP contribution in [0, 0.1) is 5.92 Å². The van der Waals surface area contributed by atoms with Gasteiger partial charge in [-0.05, 0) is 30.4 Å². The molecule has 0 spiro atoms. The Kier molecular flexibility index (Phi) is 7.08. The molecule has 1 N–H and O–H groups in total. The van der Waals surface area contributed by atoms with E-state index >= 15 is 0 Å². The molecule has 4 heteroatoms. The number of ether oxygens (including phenoxy) is 1. The smallest absolute Gasteiger partial charge is 0.317 e. The molecule has 1 heterocycles. The molecular weight excluding hydrogens is 324 g/mol. The summed E-state index contributed by atoms with van der Waals surface area (Å²) in [4.78, 5) is 14.3. The molecule has 0 aromatic heterocycles. The lowest BCUT2D eigenvalue weighted by Crippen LogP contribution is -2.46. The third kappa shape index (κ3) is 5.88. The molecule has 1 aliphatic heterocycles. The first-order valence-electron chi connectivity index (χ1n) is 9.49. The summed E-state index contributed by atoms with van der Waals surface area (Å²) in [5.74, 6) is 0.423. The quantitative estimate of drug-likeness (QED) is 0.822. The van der Waals surface area contributed by atoms with Crippen molar-refractivity contribution in [3.05, 3.63) is 71.8 Å². The monoisotopic (exact) mass is 352 g/mol. The van der Waals surface area contributed by atoms with Gasteiger partial charge < -0.3 is 15.0 Å². The lowest BCUT2D eigenvalue weighted by Gasteiger charge is -2.32. The van der Waals surface area contributed by atoms with Crippen molar-refractivity contribution < 1.29 is 9.53 Å². The number of hydrogen-bond donors (Lipinski definition) is 1. The third-order valence-electron chi connectivity index (χ3n) is 4.80. The van der Waals surface area contributed by atoms with E-state index in [4.69, 9.17) is 4.74 Å². The van der Waals surface area contributed by atoms with Crippen molar-refractivity contribution in [3.63, 3.8) is 0 Å². The topological polar surface area (TPSA) is 41.6 Å². The van der Waals surface area contributed by atoms with Crippen molar-refractivity contribution in [3.8, 4) is 0 Å². The number of piperidine rings is 1. The van der Waals surface area contributed by atoms with E-state index in [2.05, 4.69) is 29.6 Å². The third-order valence-corrected chi connectivity index (χ3v) is 4.80. The highest BCUT2D eigenvalue weighted by molar-refractivity contribution is 5.74. The lowest BCUT2D eigenvalue weighted by atomic mass is 9.99. The Hall–Kier alpha value is -2.33. The molecule has 1 aliphatic rings. The van der Waals surface area contributed by atoms with Crippen LogP contribution < -0.4 is 5.32 Å². The molecule has 26 heavy (non-hydrogen) atoms. The Morgan fingerprint density at radius 2 is 1.73 bits per heavy atom. The van der Waals surface area contributed by atoms with Gasteiger partial charge in [0.15, 0.2) is 0 Å². The van der Waals surface area contributed by atoms with Gasteiger partial charge in [-0.3, -0.25) is 0 Å². The Bertz CT molecular complexity index is 660. The van der Waals surface area contributed by atoms with E-state index in [1.165, 1.54) is 11.1 Å². The Balaban J connectivity index is 1.36.